The Kier molecular flexibility index (Phi) is 5.30. The second-order valence-corrected chi connectivity index (χ2v) is 7.75. The lowest BCUT2D eigenvalue weighted by Gasteiger charge is -2.35. The average Bonchev–Trinajstić information content (AvgIpc) is 2.47. The van der Waals surface area contributed by atoms with Crippen LogP contribution in [0.1, 0.15) is 24.5 Å². The molecule has 0 spiro atoms. The Morgan fingerprint density at radius 1 is 1.43 bits per heavy atom. The van der Waals surface area contributed by atoms with Crippen LogP contribution in [0.2, 0.25) is 0 Å². The van der Waals surface area contributed by atoms with Crippen molar-refractivity contribution in [2.75, 3.05) is 20.2 Å². The van der Waals surface area contributed by atoms with E-state index in [9.17, 15) is 8.42 Å². The smallest absolute Gasteiger partial charge is 0.243 e. The average molecular weight is 332 g/mol. The van der Waals surface area contributed by atoms with E-state index in [-0.39, 0.29) is 6.10 Å². The number of sulfonamides is 1. The van der Waals surface area contributed by atoms with E-state index in [0.29, 0.717) is 29.8 Å². The maximum Gasteiger partial charge on any atom is 0.243 e. The van der Waals surface area contributed by atoms with Crippen molar-refractivity contribution >= 4 is 21.6 Å². The Morgan fingerprint density at radius 3 is 2.76 bits per heavy atom. The summed E-state index contributed by atoms with van der Waals surface area (Å²) in [6.07, 6.45) is 0.761. The quantitative estimate of drug-likeness (QED) is 0.797. The van der Waals surface area contributed by atoms with Crippen LogP contribution in [-0.2, 0) is 20.6 Å². The minimum atomic E-state index is -3.50. The van der Waals surface area contributed by atoms with E-state index >= 15 is 0 Å². The maximum atomic E-state index is 12.9. The molecule has 1 aromatic rings. The first-order chi connectivity index (χ1) is 9.91. The van der Waals surface area contributed by atoms with Gasteiger partial charge in [-0.2, -0.15) is 4.31 Å². The minimum Gasteiger partial charge on any atom is -0.380 e. The van der Waals surface area contributed by atoms with Crippen LogP contribution >= 0.6 is 11.6 Å². The van der Waals surface area contributed by atoms with Gasteiger partial charge in [-0.15, -0.1) is 11.6 Å². The van der Waals surface area contributed by atoms with Crippen molar-refractivity contribution in [1.29, 1.82) is 0 Å². The molecule has 0 amide bonds. The van der Waals surface area contributed by atoms with Gasteiger partial charge < -0.3 is 4.74 Å². The number of nitrogens with zero attached hydrogens (tertiary/aromatic N) is 1. The highest BCUT2D eigenvalue weighted by Crippen LogP contribution is 2.28. The van der Waals surface area contributed by atoms with Gasteiger partial charge in [0.1, 0.15) is 0 Å². The van der Waals surface area contributed by atoms with Crippen molar-refractivity contribution in [2.45, 2.75) is 37.1 Å². The van der Waals surface area contributed by atoms with Crippen molar-refractivity contribution in [1.82, 2.24) is 4.31 Å². The minimum absolute atomic E-state index is 0.0509. The lowest BCUT2D eigenvalue weighted by Crippen LogP contribution is -2.46. The fourth-order valence-electron chi connectivity index (χ4n) is 2.75. The van der Waals surface area contributed by atoms with Crippen LogP contribution in [0.5, 0.6) is 0 Å². The third-order valence-electron chi connectivity index (χ3n) is 4.31. The first kappa shape index (κ1) is 16.7. The van der Waals surface area contributed by atoms with E-state index < -0.39 is 10.0 Å². The van der Waals surface area contributed by atoms with Crippen LogP contribution in [0, 0.1) is 12.8 Å². The fraction of sp³-hybridized carbons (Fsp3) is 0.600. The summed E-state index contributed by atoms with van der Waals surface area (Å²) in [5.41, 5.74) is 1.59. The first-order valence-corrected chi connectivity index (χ1v) is 9.06. The van der Waals surface area contributed by atoms with E-state index in [1.165, 1.54) is 4.31 Å². The molecular weight excluding hydrogens is 310 g/mol. The van der Waals surface area contributed by atoms with Gasteiger partial charge in [-0.3, -0.25) is 0 Å². The largest absolute Gasteiger partial charge is 0.380 e. The molecule has 1 aliphatic rings. The Morgan fingerprint density at radius 2 is 2.14 bits per heavy atom. The highest BCUT2D eigenvalue weighted by atomic mass is 35.5. The van der Waals surface area contributed by atoms with Gasteiger partial charge in [0.25, 0.3) is 0 Å². The molecule has 21 heavy (non-hydrogen) atoms. The molecule has 0 aromatic heterocycles. The van der Waals surface area contributed by atoms with Gasteiger partial charge in [0.15, 0.2) is 0 Å². The molecule has 118 valence electrons. The van der Waals surface area contributed by atoms with Gasteiger partial charge in [-0.1, -0.05) is 19.1 Å². The SMILES string of the molecule is COC1CN(S(=O)(=O)c2cccc(CCl)c2C)CCC1C. The van der Waals surface area contributed by atoms with Crippen LogP contribution in [0.3, 0.4) is 0 Å². The van der Waals surface area contributed by atoms with Gasteiger partial charge in [-0.25, -0.2) is 8.42 Å². The van der Waals surface area contributed by atoms with Crippen LogP contribution in [-0.4, -0.2) is 39.0 Å². The van der Waals surface area contributed by atoms with E-state index in [2.05, 4.69) is 6.92 Å². The molecule has 4 nitrogen and oxygen atoms in total. The molecule has 0 radical (unpaired) electrons. The highest BCUT2D eigenvalue weighted by Gasteiger charge is 2.34. The monoisotopic (exact) mass is 331 g/mol. The molecule has 6 heteroatoms. The third-order valence-corrected chi connectivity index (χ3v) is 6.61. The Labute approximate surface area is 132 Å². The zero-order chi connectivity index (χ0) is 15.6. The number of methoxy groups -OCH3 is 1. The predicted molar refractivity (Wildman–Crippen MR) is 84.1 cm³/mol. The van der Waals surface area contributed by atoms with Gasteiger partial charge >= 0.3 is 0 Å². The summed E-state index contributed by atoms with van der Waals surface area (Å²) in [4.78, 5) is 0.352. The lowest BCUT2D eigenvalue weighted by atomic mass is 9.97. The van der Waals surface area contributed by atoms with E-state index in [1.54, 1.807) is 19.2 Å². The van der Waals surface area contributed by atoms with Gasteiger partial charge in [0, 0.05) is 26.1 Å². The molecule has 1 saturated heterocycles. The first-order valence-electron chi connectivity index (χ1n) is 7.09. The van der Waals surface area contributed by atoms with Crippen LogP contribution in [0.15, 0.2) is 23.1 Å². The molecule has 1 aromatic carbocycles. The number of hydrogen-bond donors (Lipinski definition) is 0. The number of rotatable bonds is 4. The van der Waals surface area contributed by atoms with Gasteiger partial charge in [0.2, 0.25) is 10.0 Å². The summed E-state index contributed by atoms with van der Waals surface area (Å²) < 4.78 is 32.7. The summed E-state index contributed by atoms with van der Waals surface area (Å²) in [6, 6.07) is 5.26. The number of alkyl halides is 1. The van der Waals surface area contributed by atoms with Crippen molar-refractivity contribution < 1.29 is 13.2 Å². The highest BCUT2D eigenvalue weighted by molar-refractivity contribution is 7.89. The Hall–Kier alpha value is -0.620. The molecule has 2 rings (SSSR count). The number of benzene rings is 1. The standard InChI is InChI=1S/C15H22ClNO3S/c1-11-7-8-17(10-14(11)20-3)21(18,19)15-6-4-5-13(9-16)12(15)2/h4-6,11,14H,7-10H2,1-3H3. The lowest BCUT2D eigenvalue weighted by molar-refractivity contribution is 0.0183. The topological polar surface area (TPSA) is 46.6 Å². The molecule has 1 fully saturated rings. The summed E-state index contributed by atoms with van der Waals surface area (Å²) >= 11 is 5.88. The third kappa shape index (κ3) is 3.26. The summed E-state index contributed by atoms with van der Waals surface area (Å²) in [6.45, 7) is 4.85. The fourth-order valence-corrected chi connectivity index (χ4v) is 4.78. The van der Waals surface area contributed by atoms with Crippen molar-refractivity contribution in [3.8, 4) is 0 Å². The number of piperidine rings is 1. The maximum absolute atomic E-state index is 12.9. The van der Waals surface area contributed by atoms with Crippen molar-refractivity contribution in [2.24, 2.45) is 5.92 Å². The molecule has 1 aliphatic heterocycles. The van der Waals surface area contributed by atoms with Crippen molar-refractivity contribution in [3.63, 3.8) is 0 Å². The van der Waals surface area contributed by atoms with Crippen LogP contribution < -0.4 is 0 Å². The van der Waals surface area contributed by atoms with Gasteiger partial charge in [0.05, 0.1) is 11.0 Å². The van der Waals surface area contributed by atoms with Gasteiger partial charge in [-0.05, 0) is 36.5 Å². The summed E-state index contributed by atoms with van der Waals surface area (Å²) in [5, 5.41) is 0. The molecule has 1 heterocycles. The zero-order valence-corrected chi connectivity index (χ0v) is 14.2. The normalized spacial score (nSPS) is 24.2. The van der Waals surface area contributed by atoms with Crippen molar-refractivity contribution in [3.05, 3.63) is 29.3 Å². The van der Waals surface area contributed by atoms with Crippen LogP contribution in [0.4, 0.5) is 0 Å². The molecule has 0 bridgehead atoms. The molecule has 2 unspecified atom stereocenters. The second kappa shape index (κ2) is 6.65. The molecule has 0 aliphatic carbocycles. The number of ether oxygens (including phenoxy) is 1. The molecule has 0 N–H and O–H groups in total. The Balaban J connectivity index is 2.34. The Bertz CT molecular complexity index is 603. The molecule has 2 atom stereocenters. The zero-order valence-electron chi connectivity index (χ0n) is 12.7. The molecule has 0 saturated carbocycles. The number of hydrogen-bond acceptors (Lipinski definition) is 3. The second-order valence-electron chi connectivity index (χ2n) is 5.58. The summed E-state index contributed by atoms with van der Waals surface area (Å²) in [5.74, 6) is 0.684. The van der Waals surface area contributed by atoms with E-state index in [1.807, 2.05) is 13.0 Å². The summed E-state index contributed by atoms with van der Waals surface area (Å²) in [7, 11) is -1.86. The van der Waals surface area contributed by atoms with Crippen LogP contribution in [0.25, 0.3) is 0 Å². The molecular formula is C15H22ClNO3S. The number of halogens is 1. The van der Waals surface area contributed by atoms with E-state index in [4.69, 9.17) is 16.3 Å². The van der Waals surface area contributed by atoms with E-state index in [0.717, 1.165) is 17.5 Å². The predicted octanol–water partition coefficient (Wildman–Crippen LogP) is 2.78.